The average Bonchev–Trinajstić information content (AvgIpc) is 3.13. The normalized spacial score (nSPS) is 18.0. The van der Waals surface area contributed by atoms with E-state index in [0.717, 1.165) is 0 Å². The van der Waals surface area contributed by atoms with Crippen molar-refractivity contribution < 1.29 is 17.6 Å². The SMILES string of the molecule is Fc1ccc2oc(N3CCC(c4c(F)cccc4F)C3)nc2c1. The zero-order chi connectivity index (χ0) is 16.0. The van der Waals surface area contributed by atoms with Crippen LogP contribution < -0.4 is 4.90 Å². The van der Waals surface area contributed by atoms with Gasteiger partial charge in [0, 0.05) is 30.6 Å². The molecule has 0 amide bonds. The number of halogens is 3. The van der Waals surface area contributed by atoms with Crippen molar-refractivity contribution in [2.75, 3.05) is 18.0 Å². The number of hydrogen-bond acceptors (Lipinski definition) is 3. The predicted octanol–water partition coefficient (Wildman–Crippen LogP) is 4.24. The number of benzene rings is 2. The highest BCUT2D eigenvalue weighted by atomic mass is 19.1. The van der Waals surface area contributed by atoms with Gasteiger partial charge in [0.2, 0.25) is 0 Å². The predicted molar refractivity (Wildman–Crippen MR) is 79.9 cm³/mol. The van der Waals surface area contributed by atoms with E-state index < -0.39 is 11.6 Å². The Morgan fingerprint density at radius 1 is 1.09 bits per heavy atom. The summed E-state index contributed by atoms with van der Waals surface area (Å²) >= 11 is 0. The Morgan fingerprint density at radius 2 is 1.87 bits per heavy atom. The number of rotatable bonds is 2. The lowest BCUT2D eigenvalue weighted by Gasteiger charge is -2.14. The van der Waals surface area contributed by atoms with Gasteiger partial charge in [-0.15, -0.1) is 0 Å². The van der Waals surface area contributed by atoms with Gasteiger partial charge in [0.25, 0.3) is 6.01 Å². The lowest BCUT2D eigenvalue weighted by molar-refractivity contribution is 0.531. The number of aromatic nitrogens is 1. The number of fused-ring (bicyclic) bond motifs is 1. The fraction of sp³-hybridized carbons (Fsp3) is 0.235. The zero-order valence-electron chi connectivity index (χ0n) is 12.1. The van der Waals surface area contributed by atoms with Crippen molar-refractivity contribution in [3.63, 3.8) is 0 Å². The van der Waals surface area contributed by atoms with Crippen LogP contribution in [-0.2, 0) is 0 Å². The van der Waals surface area contributed by atoms with Crippen molar-refractivity contribution in [3.05, 3.63) is 59.4 Å². The third-order valence-electron chi connectivity index (χ3n) is 4.21. The fourth-order valence-corrected chi connectivity index (χ4v) is 3.09. The first-order chi connectivity index (χ1) is 11.1. The van der Waals surface area contributed by atoms with Crippen LogP contribution in [0.3, 0.4) is 0 Å². The van der Waals surface area contributed by atoms with Crippen LogP contribution in [0.4, 0.5) is 19.2 Å². The summed E-state index contributed by atoms with van der Waals surface area (Å²) in [5.74, 6) is -1.71. The van der Waals surface area contributed by atoms with Crippen LogP contribution in [0.15, 0.2) is 40.8 Å². The molecule has 1 fully saturated rings. The van der Waals surface area contributed by atoms with E-state index in [1.807, 2.05) is 4.90 Å². The minimum atomic E-state index is -0.531. The highest BCUT2D eigenvalue weighted by Crippen LogP contribution is 2.34. The van der Waals surface area contributed by atoms with Crippen molar-refractivity contribution in [2.24, 2.45) is 0 Å². The lowest BCUT2D eigenvalue weighted by atomic mass is 9.97. The summed E-state index contributed by atoms with van der Waals surface area (Å²) in [4.78, 5) is 6.09. The molecule has 0 bridgehead atoms. The van der Waals surface area contributed by atoms with Crippen molar-refractivity contribution in [2.45, 2.75) is 12.3 Å². The van der Waals surface area contributed by atoms with Gasteiger partial charge in [0.15, 0.2) is 5.58 Å². The van der Waals surface area contributed by atoms with Crippen LogP contribution in [-0.4, -0.2) is 18.1 Å². The maximum atomic E-state index is 13.9. The van der Waals surface area contributed by atoms with Crippen molar-refractivity contribution in [1.29, 1.82) is 0 Å². The molecule has 1 saturated heterocycles. The molecule has 2 heterocycles. The summed E-state index contributed by atoms with van der Waals surface area (Å²) in [5.41, 5.74) is 1.03. The van der Waals surface area contributed by atoms with E-state index in [1.165, 1.54) is 36.4 Å². The summed E-state index contributed by atoms with van der Waals surface area (Å²) in [7, 11) is 0. The largest absolute Gasteiger partial charge is 0.423 e. The molecule has 1 unspecified atom stereocenters. The van der Waals surface area contributed by atoms with Crippen LogP contribution in [0.1, 0.15) is 17.9 Å². The molecule has 0 saturated carbocycles. The van der Waals surface area contributed by atoms with Gasteiger partial charge < -0.3 is 9.32 Å². The van der Waals surface area contributed by atoms with Crippen LogP contribution in [0, 0.1) is 17.5 Å². The Morgan fingerprint density at radius 3 is 2.65 bits per heavy atom. The second-order valence-electron chi connectivity index (χ2n) is 5.68. The van der Waals surface area contributed by atoms with Gasteiger partial charge in [-0.05, 0) is 30.7 Å². The van der Waals surface area contributed by atoms with Gasteiger partial charge in [-0.1, -0.05) is 6.07 Å². The molecule has 23 heavy (non-hydrogen) atoms. The molecule has 4 rings (SSSR count). The highest BCUT2D eigenvalue weighted by Gasteiger charge is 2.30. The third-order valence-corrected chi connectivity index (χ3v) is 4.21. The molecule has 118 valence electrons. The first-order valence-corrected chi connectivity index (χ1v) is 7.37. The number of oxazole rings is 1. The maximum Gasteiger partial charge on any atom is 0.298 e. The zero-order valence-corrected chi connectivity index (χ0v) is 12.1. The summed E-state index contributed by atoms with van der Waals surface area (Å²) in [6.45, 7) is 0.987. The molecule has 0 aliphatic carbocycles. The second kappa shape index (κ2) is 5.30. The van der Waals surface area contributed by atoms with E-state index in [4.69, 9.17) is 4.42 Å². The molecular formula is C17H13F3N2O. The first kappa shape index (κ1) is 14.1. The van der Waals surface area contributed by atoms with E-state index in [1.54, 1.807) is 0 Å². The van der Waals surface area contributed by atoms with Gasteiger partial charge in [-0.2, -0.15) is 4.98 Å². The van der Waals surface area contributed by atoms with Gasteiger partial charge >= 0.3 is 0 Å². The van der Waals surface area contributed by atoms with Gasteiger partial charge in [0.1, 0.15) is 23.0 Å². The maximum absolute atomic E-state index is 13.9. The molecule has 3 aromatic rings. The molecule has 0 N–H and O–H groups in total. The summed E-state index contributed by atoms with van der Waals surface area (Å²) in [6, 6.07) is 8.36. The Hall–Kier alpha value is -2.50. The second-order valence-corrected chi connectivity index (χ2v) is 5.68. The molecule has 1 atom stereocenters. The third kappa shape index (κ3) is 2.44. The summed E-state index contributed by atoms with van der Waals surface area (Å²) < 4.78 is 46.6. The average molecular weight is 318 g/mol. The van der Waals surface area contributed by atoms with E-state index in [9.17, 15) is 13.2 Å². The molecule has 0 spiro atoms. The molecule has 1 aliphatic rings. The van der Waals surface area contributed by atoms with E-state index in [2.05, 4.69) is 4.98 Å². The molecule has 1 aromatic heterocycles. The molecule has 0 radical (unpaired) electrons. The van der Waals surface area contributed by atoms with Gasteiger partial charge in [-0.25, -0.2) is 13.2 Å². The van der Waals surface area contributed by atoms with E-state index >= 15 is 0 Å². The number of hydrogen-bond donors (Lipinski definition) is 0. The van der Waals surface area contributed by atoms with Crippen LogP contribution >= 0.6 is 0 Å². The fourth-order valence-electron chi connectivity index (χ4n) is 3.09. The molecule has 1 aliphatic heterocycles. The van der Waals surface area contributed by atoms with Crippen molar-refractivity contribution in [3.8, 4) is 0 Å². The quantitative estimate of drug-likeness (QED) is 0.708. The first-order valence-electron chi connectivity index (χ1n) is 7.37. The molecule has 6 heteroatoms. The Bertz CT molecular complexity index is 857. The summed E-state index contributed by atoms with van der Waals surface area (Å²) in [5, 5.41) is 0. The lowest BCUT2D eigenvalue weighted by Crippen LogP contribution is -2.20. The topological polar surface area (TPSA) is 29.3 Å². The van der Waals surface area contributed by atoms with Crippen molar-refractivity contribution in [1.82, 2.24) is 4.98 Å². The smallest absolute Gasteiger partial charge is 0.298 e. The van der Waals surface area contributed by atoms with Crippen molar-refractivity contribution >= 4 is 17.1 Å². The van der Waals surface area contributed by atoms with Crippen LogP contribution in [0.2, 0.25) is 0 Å². The Balaban J connectivity index is 1.62. The minimum absolute atomic E-state index is 0.108. The van der Waals surface area contributed by atoms with E-state index in [0.29, 0.717) is 36.6 Å². The molecule has 3 nitrogen and oxygen atoms in total. The standard InChI is InChI=1S/C17H13F3N2O/c18-11-4-5-15-14(8-11)21-17(23-15)22-7-6-10(9-22)16-12(19)2-1-3-13(16)20/h1-5,8,10H,6-7,9H2. The monoisotopic (exact) mass is 318 g/mol. The number of nitrogens with zero attached hydrogens (tertiary/aromatic N) is 2. The van der Waals surface area contributed by atoms with Gasteiger partial charge in [-0.3, -0.25) is 0 Å². The summed E-state index contributed by atoms with van der Waals surface area (Å²) in [6.07, 6.45) is 0.602. The van der Waals surface area contributed by atoms with E-state index in [-0.39, 0.29) is 17.3 Å². The molecule has 2 aromatic carbocycles. The minimum Gasteiger partial charge on any atom is -0.423 e. The van der Waals surface area contributed by atoms with Gasteiger partial charge in [0.05, 0.1) is 0 Å². The highest BCUT2D eigenvalue weighted by molar-refractivity contribution is 5.74. The molecular weight excluding hydrogens is 305 g/mol. The Kier molecular flexibility index (Phi) is 3.25. The Labute approximate surface area is 130 Å². The van der Waals surface area contributed by atoms with Crippen LogP contribution in [0.5, 0.6) is 0 Å². The van der Waals surface area contributed by atoms with Crippen LogP contribution in [0.25, 0.3) is 11.1 Å². The number of anilines is 1.